The normalized spacial score (nSPS) is 21.3. The van der Waals surface area contributed by atoms with E-state index in [2.05, 4.69) is 25.6 Å². The third-order valence-corrected chi connectivity index (χ3v) is 4.28. The van der Waals surface area contributed by atoms with Crippen molar-refractivity contribution in [2.75, 3.05) is 11.5 Å². The molecule has 1 rings (SSSR count). The lowest BCUT2D eigenvalue weighted by Gasteiger charge is -2.22. The first-order valence-electron chi connectivity index (χ1n) is 4.61. The number of allylic oxidation sites excluding steroid dienone is 1. The van der Waals surface area contributed by atoms with Crippen molar-refractivity contribution in [2.45, 2.75) is 34.1 Å². The average Bonchev–Trinajstić information content (AvgIpc) is 2.01. The van der Waals surface area contributed by atoms with E-state index >= 15 is 0 Å². The van der Waals surface area contributed by atoms with Gasteiger partial charge in [-0.15, -0.1) is 0 Å². The molecule has 0 spiro atoms. The van der Waals surface area contributed by atoms with E-state index in [4.69, 9.17) is 0 Å². The molecule has 72 valence electrons. The zero-order valence-electron chi connectivity index (χ0n) is 8.94. The van der Waals surface area contributed by atoms with Crippen LogP contribution in [0.25, 0.3) is 0 Å². The Bertz CT molecular complexity index is 253. The summed E-state index contributed by atoms with van der Waals surface area (Å²) in [5, 5.41) is 0. The highest BCUT2D eigenvalue weighted by molar-refractivity contribution is 8.27. The van der Waals surface area contributed by atoms with Gasteiger partial charge in [0.25, 0.3) is 0 Å². The zero-order chi connectivity index (χ0) is 9.78. The molecular weight excluding hydrogens is 164 g/mol. The van der Waals surface area contributed by atoms with Crippen LogP contribution in [-0.4, -0.2) is 23.2 Å². The molecule has 0 aliphatic carbocycles. The van der Waals surface area contributed by atoms with Gasteiger partial charge in [0, 0.05) is 5.75 Å². The lowest BCUT2D eigenvalue weighted by molar-refractivity contribution is 1.04. The fraction of sp³-hybridized carbons (Fsp3) is 0.636. The van der Waals surface area contributed by atoms with Crippen molar-refractivity contribution in [1.29, 1.82) is 0 Å². The Kier molecular flexibility index (Phi) is 4.69. The van der Waals surface area contributed by atoms with Crippen LogP contribution in [0.2, 0.25) is 0 Å². The van der Waals surface area contributed by atoms with Crippen molar-refractivity contribution < 1.29 is 0 Å². The van der Waals surface area contributed by atoms with Crippen LogP contribution in [0.4, 0.5) is 0 Å². The van der Waals surface area contributed by atoms with Gasteiger partial charge in [0.05, 0.1) is 0 Å². The molecule has 0 saturated heterocycles. The standard InChI is InChI=1S/C9H16S.C2H6/c1-8-5-6-10(3,4)7-9(8)2;1-2/h3-7H2,1-2H3;1-2H3. The zero-order valence-corrected chi connectivity index (χ0v) is 9.76. The van der Waals surface area contributed by atoms with Gasteiger partial charge < -0.3 is 0 Å². The Balaban J connectivity index is 0.000000561. The molecule has 0 bridgehead atoms. The van der Waals surface area contributed by atoms with Gasteiger partial charge in [0.15, 0.2) is 0 Å². The maximum Gasteiger partial charge on any atom is 0.00411 e. The lowest BCUT2D eigenvalue weighted by Crippen LogP contribution is -2.04. The van der Waals surface area contributed by atoms with Gasteiger partial charge in [-0.25, -0.2) is 9.21 Å². The van der Waals surface area contributed by atoms with E-state index in [1.165, 1.54) is 23.5 Å². The second-order valence-corrected chi connectivity index (χ2v) is 6.53. The summed E-state index contributed by atoms with van der Waals surface area (Å²) < 4.78 is 0. The quantitative estimate of drug-likeness (QED) is 0.402. The van der Waals surface area contributed by atoms with Crippen LogP contribution in [0.15, 0.2) is 11.1 Å². The molecule has 0 aromatic rings. The van der Waals surface area contributed by atoms with E-state index in [1.54, 1.807) is 5.57 Å². The van der Waals surface area contributed by atoms with Crippen LogP contribution in [0.1, 0.15) is 34.1 Å². The summed E-state index contributed by atoms with van der Waals surface area (Å²) >= 11 is 0. The molecule has 0 unspecified atom stereocenters. The number of hydrogen-bond acceptors (Lipinski definition) is 0. The van der Waals surface area contributed by atoms with Gasteiger partial charge >= 0.3 is 0 Å². The molecule has 1 heterocycles. The van der Waals surface area contributed by atoms with E-state index in [1.807, 2.05) is 13.8 Å². The van der Waals surface area contributed by atoms with Gasteiger partial charge in [0.2, 0.25) is 0 Å². The minimum atomic E-state index is -0.723. The number of hydrogen-bond donors (Lipinski definition) is 0. The van der Waals surface area contributed by atoms with Crippen molar-refractivity contribution in [3.8, 4) is 0 Å². The van der Waals surface area contributed by atoms with Gasteiger partial charge in [-0.2, -0.15) is 0 Å². The highest BCUT2D eigenvalue weighted by Gasteiger charge is 2.08. The van der Waals surface area contributed by atoms with Crippen LogP contribution in [-0.2, 0) is 0 Å². The van der Waals surface area contributed by atoms with Crippen molar-refractivity contribution in [1.82, 2.24) is 0 Å². The van der Waals surface area contributed by atoms with E-state index in [0.717, 1.165) is 0 Å². The van der Waals surface area contributed by atoms with E-state index in [-0.39, 0.29) is 0 Å². The monoisotopic (exact) mass is 186 g/mol. The minimum absolute atomic E-state index is 0.723. The van der Waals surface area contributed by atoms with Crippen LogP contribution in [0.3, 0.4) is 0 Å². The second kappa shape index (κ2) is 4.76. The molecule has 0 amide bonds. The van der Waals surface area contributed by atoms with E-state index in [0.29, 0.717) is 0 Å². The average molecular weight is 186 g/mol. The molecule has 1 heteroatoms. The first-order valence-corrected chi connectivity index (χ1v) is 6.92. The summed E-state index contributed by atoms with van der Waals surface area (Å²) in [5.74, 6) is 10.7. The lowest BCUT2D eigenvalue weighted by atomic mass is 10.1. The van der Waals surface area contributed by atoms with E-state index < -0.39 is 9.21 Å². The molecular formula is C11H22S. The Hall–Kier alpha value is -0.170. The first kappa shape index (κ1) is 11.8. The molecule has 0 aromatic carbocycles. The van der Waals surface area contributed by atoms with Crippen LogP contribution in [0, 0.1) is 0 Å². The maximum absolute atomic E-state index is 4.15. The second-order valence-electron chi connectivity index (χ2n) is 3.38. The molecule has 1 aliphatic heterocycles. The third-order valence-electron chi connectivity index (χ3n) is 2.16. The third kappa shape index (κ3) is 3.48. The van der Waals surface area contributed by atoms with Crippen molar-refractivity contribution in [3.63, 3.8) is 0 Å². The van der Waals surface area contributed by atoms with Gasteiger partial charge in [-0.05, 0) is 26.0 Å². The van der Waals surface area contributed by atoms with Crippen LogP contribution >= 0.6 is 9.21 Å². The molecule has 0 nitrogen and oxygen atoms in total. The van der Waals surface area contributed by atoms with Crippen LogP contribution in [0.5, 0.6) is 0 Å². The highest BCUT2D eigenvalue weighted by Crippen LogP contribution is 2.31. The summed E-state index contributed by atoms with van der Waals surface area (Å²) in [6, 6.07) is 0. The Morgan fingerprint density at radius 1 is 1.08 bits per heavy atom. The fourth-order valence-electron chi connectivity index (χ4n) is 1.24. The molecule has 0 radical (unpaired) electrons. The topological polar surface area (TPSA) is 0 Å². The summed E-state index contributed by atoms with van der Waals surface area (Å²) in [4.78, 5) is 0. The fourth-order valence-corrected chi connectivity index (χ4v) is 3.29. The van der Waals surface area contributed by atoms with Crippen molar-refractivity contribution >= 4 is 20.9 Å². The van der Waals surface area contributed by atoms with Crippen molar-refractivity contribution in [3.05, 3.63) is 11.1 Å². The Morgan fingerprint density at radius 2 is 1.58 bits per heavy atom. The number of rotatable bonds is 0. The van der Waals surface area contributed by atoms with Gasteiger partial charge in [-0.1, -0.05) is 36.7 Å². The summed E-state index contributed by atoms with van der Waals surface area (Å²) in [7, 11) is -0.723. The Labute approximate surface area is 78.2 Å². The van der Waals surface area contributed by atoms with Crippen LogP contribution < -0.4 is 0 Å². The van der Waals surface area contributed by atoms with Crippen molar-refractivity contribution in [2.24, 2.45) is 0 Å². The highest BCUT2D eigenvalue weighted by atomic mass is 32.2. The van der Waals surface area contributed by atoms with E-state index in [9.17, 15) is 0 Å². The minimum Gasteiger partial charge on any atom is -0.210 e. The summed E-state index contributed by atoms with van der Waals surface area (Å²) in [6.45, 7) is 8.44. The largest absolute Gasteiger partial charge is 0.210 e. The molecule has 12 heavy (non-hydrogen) atoms. The molecule has 0 atom stereocenters. The molecule has 0 fully saturated rings. The smallest absolute Gasteiger partial charge is 0.00411 e. The Morgan fingerprint density at radius 3 is 1.92 bits per heavy atom. The molecule has 0 aromatic heterocycles. The van der Waals surface area contributed by atoms with Gasteiger partial charge in [-0.3, -0.25) is 0 Å². The molecule has 0 N–H and O–H groups in total. The summed E-state index contributed by atoms with van der Waals surface area (Å²) in [6.07, 6.45) is 1.23. The first-order chi connectivity index (χ1) is 5.51. The SMILES string of the molecule is C=S1(=C)CCC(C)=C(C)C1.CC. The molecule has 0 saturated carbocycles. The summed E-state index contributed by atoms with van der Waals surface area (Å²) in [5.41, 5.74) is 3.10. The maximum atomic E-state index is 4.15. The predicted octanol–water partition coefficient (Wildman–Crippen LogP) is 3.42. The van der Waals surface area contributed by atoms with Gasteiger partial charge in [0.1, 0.15) is 0 Å². The predicted molar refractivity (Wildman–Crippen MR) is 65.9 cm³/mol. The molecule has 1 aliphatic rings.